The number of rotatable bonds is 6. The van der Waals surface area contributed by atoms with Crippen molar-refractivity contribution >= 4 is 27.9 Å². The van der Waals surface area contributed by atoms with Crippen LogP contribution in [0.2, 0.25) is 0 Å². The number of nitrogens with two attached hydrogens (primary N) is 1. The van der Waals surface area contributed by atoms with Gasteiger partial charge in [-0.25, -0.2) is 9.78 Å². The zero-order valence-electron chi connectivity index (χ0n) is 20.1. The van der Waals surface area contributed by atoms with E-state index in [1.165, 1.54) is 6.92 Å². The highest BCUT2D eigenvalue weighted by Crippen LogP contribution is 2.40. The highest BCUT2D eigenvalue weighted by molar-refractivity contribution is 5.99. The molecule has 2 N–H and O–H groups in total. The van der Waals surface area contributed by atoms with Crippen molar-refractivity contribution in [3.8, 4) is 33.9 Å². The molecule has 0 saturated heterocycles. The van der Waals surface area contributed by atoms with Crippen molar-refractivity contribution in [1.29, 1.82) is 0 Å². The lowest BCUT2D eigenvalue weighted by atomic mass is 10.0. The van der Waals surface area contributed by atoms with E-state index in [1.54, 1.807) is 6.07 Å². The topological polar surface area (TPSA) is 111 Å². The molecule has 3 heterocycles. The van der Waals surface area contributed by atoms with Crippen molar-refractivity contribution in [1.82, 2.24) is 14.3 Å². The lowest BCUT2D eigenvalue weighted by Crippen LogP contribution is -2.31. The second kappa shape index (κ2) is 9.11. The van der Waals surface area contributed by atoms with Crippen molar-refractivity contribution in [2.75, 3.05) is 13.3 Å². The molecule has 0 radical (unpaired) electrons. The zero-order chi connectivity index (χ0) is 25.5. The third-order valence-electron chi connectivity index (χ3n) is 6.38. The molecule has 3 aromatic carbocycles. The van der Waals surface area contributed by atoms with E-state index in [2.05, 4.69) is 0 Å². The Kier molecular flexibility index (Phi) is 5.61. The lowest BCUT2D eigenvalue weighted by Gasteiger charge is -2.13. The van der Waals surface area contributed by atoms with Crippen molar-refractivity contribution in [2.24, 2.45) is 5.73 Å². The summed E-state index contributed by atoms with van der Waals surface area (Å²) in [4.78, 5) is 36.1. The number of benzene rings is 3. The molecule has 2 aromatic heterocycles. The van der Waals surface area contributed by atoms with Gasteiger partial charge in [-0.1, -0.05) is 42.5 Å². The summed E-state index contributed by atoms with van der Waals surface area (Å²) in [6.45, 7) is 2.56. The zero-order valence-corrected chi connectivity index (χ0v) is 20.1. The van der Waals surface area contributed by atoms with Crippen LogP contribution in [0.5, 0.6) is 11.5 Å². The van der Waals surface area contributed by atoms with Crippen molar-refractivity contribution in [2.45, 2.75) is 19.9 Å². The third-order valence-corrected chi connectivity index (χ3v) is 6.38. The third kappa shape index (κ3) is 3.89. The summed E-state index contributed by atoms with van der Waals surface area (Å²) < 4.78 is 14.3. The monoisotopic (exact) mass is 496 g/mol. The first-order valence-electron chi connectivity index (χ1n) is 12.0. The smallest absolute Gasteiger partial charge is 0.330 e. The van der Waals surface area contributed by atoms with Gasteiger partial charge in [-0.2, -0.15) is 0 Å². The Labute approximate surface area is 211 Å². The molecule has 0 aliphatic carbocycles. The van der Waals surface area contributed by atoms with Gasteiger partial charge in [-0.3, -0.25) is 4.79 Å². The van der Waals surface area contributed by atoms with Gasteiger partial charge in [0.15, 0.2) is 11.5 Å². The number of carbonyl (C=O) groups excluding carboxylic acids is 1. The second-order valence-corrected chi connectivity index (χ2v) is 8.78. The lowest BCUT2D eigenvalue weighted by molar-refractivity contribution is -0.141. The first-order chi connectivity index (χ1) is 18.0. The number of hydrogen-bond acceptors (Lipinski definition) is 7. The normalized spacial score (nSPS) is 12.4. The first-order valence-corrected chi connectivity index (χ1v) is 12.0. The number of nitrogens with zero attached hydrogens (tertiary/aromatic N) is 3. The van der Waals surface area contributed by atoms with Crippen molar-refractivity contribution in [3.63, 3.8) is 0 Å². The molecule has 1 aliphatic rings. The van der Waals surface area contributed by atoms with Gasteiger partial charge in [0.05, 0.1) is 11.0 Å². The predicted octanol–water partition coefficient (Wildman–Crippen LogP) is 3.74. The van der Waals surface area contributed by atoms with Gasteiger partial charge in [0, 0.05) is 42.2 Å². The summed E-state index contributed by atoms with van der Waals surface area (Å²) in [7, 11) is 0. The summed E-state index contributed by atoms with van der Waals surface area (Å²) in [6.07, 6.45) is 2.63. The Balaban J connectivity index is 1.67. The van der Waals surface area contributed by atoms with Crippen LogP contribution in [0.15, 0.2) is 71.7 Å². The Hall–Kier alpha value is -4.63. The standard InChI is InChI=1S/C28H24N4O5/c1-17(33)37-32-22-10-5-9-19(18-7-3-2-4-8-18)26(22)30-27(28(32)34)21-15-31(12-6-11-29)23-14-25-24(13-20(21)23)35-16-36-25/h2-5,7-10,13-15H,6,11-12,16,29H2,1H3. The van der Waals surface area contributed by atoms with Crippen LogP contribution in [0.25, 0.3) is 44.3 Å². The van der Waals surface area contributed by atoms with Gasteiger partial charge < -0.3 is 24.6 Å². The largest absolute Gasteiger partial charge is 0.454 e. The molecule has 1 aliphatic heterocycles. The summed E-state index contributed by atoms with van der Waals surface area (Å²) in [5.41, 5.74) is 9.53. The van der Waals surface area contributed by atoms with Gasteiger partial charge in [-0.15, -0.1) is 4.73 Å². The molecule has 37 heavy (non-hydrogen) atoms. The number of fused-ring (bicyclic) bond motifs is 3. The van der Waals surface area contributed by atoms with E-state index < -0.39 is 11.5 Å². The van der Waals surface area contributed by atoms with Crippen LogP contribution in [-0.2, 0) is 11.3 Å². The fourth-order valence-electron chi connectivity index (χ4n) is 4.74. The number of ether oxygens (including phenoxy) is 2. The molecule has 9 heteroatoms. The maximum Gasteiger partial charge on any atom is 0.330 e. The van der Waals surface area contributed by atoms with Crippen molar-refractivity contribution in [3.05, 3.63) is 77.2 Å². The molecule has 186 valence electrons. The Morgan fingerprint density at radius 1 is 1.03 bits per heavy atom. The van der Waals surface area contributed by atoms with Crippen LogP contribution in [-0.4, -0.2) is 33.6 Å². The molecule has 0 bridgehead atoms. The molecule has 5 aromatic rings. The molecule has 0 unspecified atom stereocenters. The molecular formula is C28H24N4O5. The molecule has 0 spiro atoms. The minimum atomic E-state index is -0.612. The average Bonchev–Trinajstić information content (AvgIpc) is 3.51. The number of hydrogen-bond donors (Lipinski definition) is 1. The fraction of sp³-hybridized carbons (Fsp3) is 0.179. The highest BCUT2D eigenvalue weighted by Gasteiger charge is 2.24. The Morgan fingerprint density at radius 2 is 1.81 bits per heavy atom. The molecule has 0 atom stereocenters. The number of para-hydroxylation sites is 1. The average molecular weight is 497 g/mol. The number of aryl methyl sites for hydroxylation is 1. The van der Waals surface area contributed by atoms with E-state index in [-0.39, 0.29) is 12.5 Å². The van der Waals surface area contributed by atoms with E-state index in [0.29, 0.717) is 41.2 Å². The minimum absolute atomic E-state index is 0.133. The summed E-state index contributed by atoms with van der Waals surface area (Å²) in [5.74, 6) is 0.622. The molecule has 0 saturated carbocycles. The van der Waals surface area contributed by atoms with E-state index in [4.69, 9.17) is 25.0 Å². The number of carbonyl (C=O) groups is 1. The van der Waals surface area contributed by atoms with Gasteiger partial charge in [-0.05, 0) is 30.7 Å². The second-order valence-electron chi connectivity index (χ2n) is 8.78. The van der Waals surface area contributed by atoms with Gasteiger partial charge >= 0.3 is 11.5 Å². The molecule has 0 fully saturated rings. The quantitative estimate of drug-likeness (QED) is 0.381. The molecule has 6 rings (SSSR count). The van der Waals surface area contributed by atoms with Crippen LogP contribution < -0.4 is 25.6 Å². The van der Waals surface area contributed by atoms with Crippen LogP contribution in [0.4, 0.5) is 0 Å². The van der Waals surface area contributed by atoms with Crippen LogP contribution in [0, 0.1) is 0 Å². The van der Waals surface area contributed by atoms with Gasteiger partial charge in [0.1, 0.15) is 11.2 Å². The van der Waals surface area contributed by atoms with Crippen LogP contribution >= 0.6 is 0 Å². The van der Waals surface area contributed by atoms with Gasteiger partial charge in [0.25, 0.3) is 0 Å². The summed E-state index contributed by atoms with van der Waals surface area (Å²) in [6, 6.07) is 19.0. The van der Waals surface area contributed by atoms with Gasteiger partial charge in [0.2, 0.25) is 6.79 Å². The first kappa shape index (κ1) is 22.8. The molecule has 0 amide bonds. The maximum atomic E-state index is 13.8. The number of aromatic nitrogens is 3. The Morgan fingerprint density at radius 3 is 2.57 bits per heavy atom. The van der Waals surface area contributed by atoms with E-state index >= 15 is 0 Å². The predicted molar refractivity (Wildman–Crippen MR) is 139 cm³/mol. The highest BCUT2D eigenvalue weighted by atomic mass is 16.7. The van der Waals surface area contributed by atoms with Crippen molar-refractivity contribution < 1.29 is 19.1 Å². The Bertz CT molecular complexity index is 1720. The van der Waals surface area contributed by atoms with E-state index in [0.717, 1.165) is 33.2 Å². The molecule has 9 nitrogen and oxygen atoms in total. The molecular weight excluding hydrogens is 472 g/mol. The van der Waals surface area contributed by atoms with Crippen LogP contribution in [0.3, 0.4) is 0 Å². The SMILES string of the molecule is CC(=O)On1c(=O)c(-c2cn(CCCN)c3cc4c(cc23)OCO4)nc2c(-c3ccccc3)cccc21. The van der Waals surface area contributed by atoms with E-state index in [1.807, 2.05) is 65.4 Å². The summed E-state index contributed by atoms with van der Waals surface area (Å²) in [5, 5.41) is 0.775. The van der Waals surface area contributed by atoms with E-state index in [9.17, 15) is 9.59 Å². The maximum absolute atomic E-state index is 13.8. The van der Waals surface area contributed by atoms with Crippen LogP contribution in [0.1, 0.15) is 13.3 Å². The summed E-state index contributed by atoms with van der Waals surface area (Å²) >= 11 is 0. The minimum Gasteiger partial charge on any atom is -0.454 e. The fourth-order valence-corrected chi connectivity index (χ4v) is 4.74.